The van der Waals surface area contributed by atoms with Crippen molar-refractivity contribution >= 4 is 28.6 Å². The first-order valence-electron chi connectivity index (χ1n) is 6.51. The van der Waals surface area contributed by atoms with Crippen LogP contribution >= 0.6 is 22.6 Å². The lowest BCUT2D eigenvalue weighted by Gasteiger charge is -2.08. The van der Waals surface area contributed by atoms with E-state index in [1.165, 1.54) is 44.9 Å². The summed E-state index contributed by atoms with van der Waals surface area (Å²) in [5.41, 5.74) is 0. The Bertz CT molecular complexity index is 171. The highest BCUT2D eigenvalue weighted by Gasteiger charge is 2.14. The normalized spacial score (nSPS) is 12.6. The average Bonchev–Trinajstić information content (AvgIpc) is 2.26. The number of aliphatic carboxylic acids is 1. The van der Waals surface area contributed by atoms with Gasteiger partial charge >= 0.3 is 5.97 Å². The molecule has 0 aliphatic carbocycles. The largest absolute Gasteiger partial charge is 0.481 e. The minimum Gasteiger partial charge on any atom is -0.481 e. The van der Waals surface area contributed by atoms with Crippen LogP contribution < -0.4 is 0 Å². The summed E-state index contributed by atoms with van der Waals surface area (Å²) in [6.07, 6.45) is 11.1. The molecule has 0 aliphatic heterocycles. The van der Waals surface area contributed by atoms with Gasteiger partial charge in [0.25, 0.3) is 0 Å². The Morgan fingerprint density at radius 1 is 1.06 bits per heavy atom. The molecule has 0 rings (SSSR count). The van der Waals surface area contributed by atoms with Crippen LogP contribution in [0, 0.1) is 5.92 Å². The lowest BCUT2D eigenvalue weighted by atomic mass is 10.0. The molecule has 1 unspecified atom stereocenters. The Labute approximate surface area is 113 Å². The Morgan fingerprint density at radius 2 is 1.56 bits per heavy atom. The van der Waals surface area contributed by atoms with Crippen LogP contribution in [0.1, 0.15) is 64.7 Å². The summed E-state index contributed by atoms with van der Waals surface area (Å²) in [5, 5.41) is 8.87. The SMILES string of the molecule is CCCCCCCCCCC(CI)C(=O)O. The maximum absolute atomic E-state index is 10.8. The Kier molecular flexibility index (Phi) is 11.8. The summed E-state index contributed by atoms with van der Waals surface area (Å²) in [6.45, 7) is 2.23. The van der Waals surface area contributed by atoms with Gasteiger partial charge in [0.2, 0.25) is 0 Å². The lowest BCUT2D eigenvalue weighted by Crippen LogP contribution is -2.14. The first kappa shape index (κ1) is 16.2. The third-order valence-electron chi connectivity index (χ3n) is 2.94. The highest BCUT2D eigenvalue weighted by atomic mass is 127. The minimum atomic E-state index is -0.627. The molecule has 3 heteroatoms. The molecule has 0 saturated heterocycles. The predicted molar refractivity (Wildman–Crippen MR) is 77.2 cm³/mol. The van der Waals surface area contributed by atoms with Crippen molar-refractivity contribution in [2.24, 2.45) is 5.92 Å². The summed E-state index contributed by atoms with van der Waals surface area (Å²) in [6, 6.07) is 0. The fourth-order valence-corrected chi connectivity index (χ4v) is 2.61. The molecule has 0 fully saturated rings. The molecule has 0 bridgehead atoms. The van der Waals surface area contributed by atoms with Gasteiger partial charge in [-0.1, -0.05) is 80.9 Å². The third kappa shape index (κ3) is 9.43. The number of rotatable bonds is 11. The number of unbranched alkanes of at least 4 members (excludes halogenated alkanes) is 7. The van der Waals surface area contributed by atoms with Crippen molar-refractivity contribution in [1.29, 1.82) is 0 Å². The lowest BCUT2D eigenvalue weighted by molar-refractivity contribution is -0.141. The van der Waals surface area contributed by atoms with E-state index in [4.69, 9.17) is 5.11 Å². The van der Waals surface area contributed by atoms with Crippen LogP contribution in [0.4, 0.5) is 0 Å². The molecule has 1 N–H and O–H groups in total. The van der Waals surface area contributed by atoms with Gasteiger partial charge in [0.1, 0.15) is 0 Å². The average molecular weight is 340 g/mol. The molecular formula is C13H25IO2. The van der Waals surface area contributed by atoms with Gasteiger partial charge in [-0.3, -0.25) is 4.79 Å². The zero-order valence-corrected chi connectivity index (χ0v) is 12.5. The highest BCUT2D eigenvalue weighted by Crippen LogP contribution is 2.15. The molecule has 1 atom stereocenters. The van der Waals surface area contributed by atoms with E-state index in [9.17, 15) is 4.79 Å². The van der Waals surface area contributed by atoms with Crippen LogP contribution in [0.25, 0.3) is 0 Å². The van der Waals surface area contributed by atoms with Crippen molar-refractivity contribution in [3.8, 4) is 0 Å². The second-order valence-corrected chi connectivity index (χ2v) is 5.33. The molecule has 2 nitrogen and oxygen atoms in total. The topological polar surface area (TPSA) is 37.3 Å². The number of hydrogen-bond donors (Lipinski definition) is 1. The van der Waals surface area contributed by atoms with E-state index >= 15 is 0 Å². The van der Waals surface area contributed by atoms with Crippen molar-refractivity contribution < 1.29 is 9.90 Å². The van der Waals surface area contributed by atoms with Crippen LogP contribution in [0.3, 0.4) is 0 Å². The number of alkyl halides is 1. The van der Waals surface area contributed by atoms with Crippen molar-refractivity contribution in [3.05, 3.63) is 0 Å². The van der Waals surface area contributed by atoms with Gasteiger partial charge in [0.05, 0.1) is 5.92 Å². The summed E-state index contributed by atoms with van der Waals surface area (Å²) in [5.74, 6) is -0.752. The zero-order chi connectivity index (χ0) is 12.2. The second kappa shape index (κ2) is 11.7. The smallest absolute Gasteiger partial charge is 0.307 e. The van der Waals surface area contributed by atoms with Crippen LogP contribution in [0.5, 0.6) is 0 Å². The molecule has 0 heterocycles. The summed E-state index contributed by atoms with van der Waals surface area (Å²) >= 11 is 2.17. The van der Waals surface area contributed by atoms with Gasteiger partial charge in [-0.25, -0.2) is 0 Å². The first-order valence-corrected chi connectivity index (χ1v) is 8.03. The number of halogens is 1. The fraction of sp³-hybridized carbons (Fsp3) is 0.923. The summed E-state index contributed by atoms with van der Waals surface area (Å²) in [4.78, 5) is 10.8. The predicted octanol–water partition coefficient (Wildman–Crippen LogP) is 4.65. The quantitative estimate of drug-likeness (QED) is 0.338. The van der Waals surface area contributed by atoms with E-state index in [-0.39, 0.29) is 5.92 Å². The number of hydrogen-bond acceptors (Lipinski definition) is 1. The molecule has 96 valence electrons. The van der Waals surface area contributed by atoms with Crippen LogP contribution in [-0.4, -0.2) is 15.5 Å². The van der Waals surface area contributed by atoms with Gasteiger partial charge in [0, 0.05) is 4.43 Å². The molecule has 0 aromatic heterocycles. The molecule has 16 heavy (non-hydrogen) atoms. The van der Waals surface area contributed by atoms with Gasteiger partial charge in [-0.2, -0.15) is 0 Å². The van der Waals surface area contributed by atoms with Crippen LogP contribution in [-0.2, 0) is 4.79 Å². The fourth-order valence-electron chi connectivity index (χ4n) is 1.79. The molecule has 0 aromatic carbocycles. The minimum absolute atomic E-state index is 0.124. The van der Waals surface area contributed by atoms with E-state index in [1.54, 1.807) is 0 Å². The van der Waals surface area contributed by atoms with E-state index < -0.39 is 5.97 Å². The van der Waals surface area contributed by atoms with Crippen molar-refractivity contribution in [2.75, 3.05) is 4.43 Å². The summed E-state index contributed by atoms with van der Waals surface area (Å²) in [7, 11) is 0. The maximum atomic E-state index is 10.8. The van der Waals surface area contributed by atoms with Gasteiger partial charge in [0.15, 0.2) is 0 Å². The molecule has 0 saturated carbocycles. The number of carboxylic acid groups (broad SMARTS) is 1. The van der Waals surface area contributed by atoms with Gasteiger partial charge < -0.3 is 5.11 Å². The van der Waals surface area contributed by atoms with Crippen molar-refractivity contribution in [3.63, 3.8) is 0 Å². The first-order chi connectivity index (χ1) is 7.72. The Balaban J connectivity index is 3.22. The molecule has 0 amide bonds. The third-order valence-corrected chi connectivity index (χ3v) is 4.00. The van der Waals surface area contributed by atoms with E-state index in [0.717, 1.165) is 17.3 Å². The van der Waals surface area contributed by atoms with Gasteiger partial charge in [-0.05, 0) is 6.42 Å². The monoisotopic (exact) mass is 340 g/mol. The maximum Gasteiger partial charge on any atom is 0.307 e. The molecule has 0 aliphatic rings. The van der Waals surface area contributed by atoms with Crippen LogP contribution in [0.2, 0.25) is 0 Å². The molecular weight excluding hydrogens is 315 g/mol. The Morgan fingerprint density at radius 3 is 2.00 bits per heavy atom. The molecule has 0 spiro atoms. The van der Waals surface area contributed by atoms with E-state index in [1.807, 2.05) is 0 Å². The van der Waals surface area contributed by atoms with Crippen LogP contribution in [0.15, 0.2) is 0 Å². The van der Waals surface area contributed by atoms with E-state index in [2.05, 4.69) is 29.5 Å². The number of carboxylic acids is 1. The zero-order valence-electron chi connectivity index (χ0n) is 10.4. The van der Waals surface area contributed by atoms with Crippen molar-refractivity contribution in [2.45, 2.75) is 64.7 Å². The Hall–Kier alpha value is 0.200. The standard InChI is InChI=1S/C13H25IO2/c1-2-3-4-5-6-7-8-9-10-12(11-14)13(15)16/h12H,2-11H2,1H3,(H,15,16). The highest BCUT2D eigenvalue weighted by molar-refractivity contribution is 14.1. The van der Waals surface area contributed by atoms with Crippen molar-refractivity contribution in [1.82, 2.24) is 0 Å². The summed E-state index contributed by atoms with van der Waals surface area (Å²) < 4.78 is 0.740. The number of carbonyl (C=O) groups is 1. The molecule has 0 radical (unpaired) electrons. The van der Waals surface area contributed by atoms with Gasteiger partial charge in [-0.15, -0.1) is 0 Å². The molecule has 0 aromatic rings. The van der Waals surface area contributed by atoms with E-state index in [0.29, 0.717) is 0 Å². The second-order valence-electron chi connectivity index (χ2n) is 4.45.